The molecule has 0 aromatic carbocycles. The van der Waals surface area contributed by atoms with Crippen LogP contribution in [0.25, 0.3) is 0 Å². The Morgan fingerprint density at radius 1 is 0.828 bits per heavy atom. The molecule has 14 nitrogen and oxygen atoms in total. The minimum Gasteiger partial charge on any atom is -0.462 e. The highest BCUT2D eigenvalue weighted by Gasteiger charge is 2.60. The van der Waals surface area contributed by atoms with Crippen LogP contribution in [-0.2, 0) is 52.2 Å². The molecule has 0 radical (unpaired) electrons. The summed E-state index contributed by atoms with van der Waals surface area (Å²) in [6, 6.07) is 0. The zero-order chi connectivity index (χ0) is 45.5. The van der Waals surface area contributed by atoms with Crippen molar-refractivity contribution in [1.82, 2.24) is 0 Å². The van der Waals surface area contributed by atoms with E-state index in [1.807, 2.05) is 19.1 Å². The molecule has 8 aliphatic rings. The lowest BCUT2D eigenvalue weighted by Crippen LogP contribution is -2.58. The van der Waals surface area contributed by atoms with Crippen molar-refractivity contribution in [2.45, 2.75) is 216 Å². The molecule has 3 N–H and O–H groups in total. The number of fused-ring (bicyclic) bond motifs is 2. The second-order valence-corrected chi connectivity index (χ2v) is 20.4. The third-order valence-electron chi connectivity index (χ3n) is 15.8. The Hall–Kier alpha value is -2.05. The summed E-state index contributed by atoms with van der Waals surface area (Å²) in [6.45, 7) is 12.0. The van der Waals surface area contributed by atoms with Crippen molar-refractivity contribution >= 4 is 5.97 Å². The first-order valence-electron chi connectivity index (χ1n) is 24.3. The van der Waals surface area contributed by atoms with Gasteiger partial charge >= 0.3 is 5.97 Å². The summed E-state index contributed by atoms with van der Waals surface area (Å²) < 4.78 is 64.4. The van der Waals surface area contributed by atoms with Gasteiger partial charge in [-0.15, -0.1) is 0 Å². The molecule has 5 saturated heterocycles. The fraction of sp³-hybridized carbons (Fsp3) is 0.820. The van der Waals surface area contributed by atoms with Gasteiger partial charge in [-0.25, -0.2) is 0 Å². The van der Waals surface area contributed by atoms with E-state index in [0.717, 1.165) is 24.8 Å². The van der Waals surface area contributed by atoms with Gasteiger partial charge in [-0.3, -0.25) is 4.79 Å². The first kappa shape index (κ1) is 48.4. The topological polar surface area (TPSA) is 170 Å². The van der Waals surface area contributed by atoms with E-state index in [9.17, 15) is 20.1 Å². The SMILES string of the molecule is COC1C[C@H](OC2/C(C)=C/C[C@@H]3C[C@@H](C[C@]4(CC[C@H](C)[C@@H](C5CCCCC5)O4)O3)OC(=O)[C@@H]3C=C(C)[C@@H](O)[C@H]4OC/C(=C\C=C\[C@@H]2C)[C@]43O)O[C@@H](C)[C@@H]1O[C@H]1C[C@H](OC)[C@@H](O)[C@H](C)O1. The van der Waals surface area contributed by atoms with E-state index < -0.39 is 90.8 Å². The van der Waals surface area contributed by atoms with E-state index in [-0.39, 0.29) is 30.8 Å². The maximum atomic E-state index is 14.5. The molecule has 14 heteroatoms. The summed E-state index contributed by atoms with van der Waals surface area (Å²) in [4.78, 5) is 14.5. The average molecular weight is 901 g/mol. The van der Waals surface area contributed by atoms with E-state index >= 15 is 0 Å². The summed E-state index contributed by atoms with van der Waals surface area (Å²) in [5.74, 6) is -1.86. The standard InChI is InChI=1S/C50H76O14/c1-27-13-12-16-34-26-57-47-42(51)30(4)21-37(50(34,47)54)48(53)60-36-22-35(63-49(25-36)20-19-29(3)45(64-49)33-14-10-9-11-15-33)18-17-28(2)44(27)61-41-24-39(56-8)46(32(6)59-41)62-40-23-38(55-7)43(52)31(5)58-40/h12-13,16-17,21,27,29,31-33,35-47,51-52,54H,9-11,14-15,18-20,22-26H2,1-8H3/b13-12+,28-17+,34-16+/t27-,29-,31-,32-,35+,36-,37-,38-,39?,40-,41-,42+,43-,44?,45-,46-,47+,49+,50+/m0/s1. The molecule has 6 heterocycles. The summed E-state index contributed by atoms with van der Waals surface area (Å²) in [6.07, 6.45) is 11.9. The lowest BCUT2D eigenvalue weighted by molar-refractivity contribution is -0.342. The summed E-state index contributed by atoms with van der Waals surface area (Å²) in [5.41, 5.74) is 0.221. The van der Waals surface area contributed by atoms with Gasteiger partial charge < -0.3 is 62.7 Å². The zero-order valence-corrected chi connectivity index (χ0v) is 39.3. The van der Waals surface area contributed by atoms with E-state index in [2.05, 4.69) is 26.8 Å². The van der Waals surface area contributed by atoms with Crippen molar-refractivity contribution in [2.75, 3.05) is 20.8 Å². The summed E-state index contributed by atoms with van der Waals surface area (Å²) in [7, 11) is 3.24. The van der Waals surface area contributed by atoms with E-state index in [0.29, 0.717) is 61.5 Å². The average Bonchev–Trinajstić information content (AvgIpc) is 3.62. The fourth-order valence-electron chi connectivity index (χ4n) is 12.1. The van der Waals surface area contributed by atoms with Crippen LogP contribution in [0.1, 0.15) is 119 Å². The van der Waals surface area contributed by atoms with Crippen molar-refractivity contribution < 1.29 is 67.5 Å². The molecule has 19 atom stereocenters. The van der Waals surface area contributed by atoms with Crippen molar-refractivity contribution in [2.24, 2.45) is 23.7 Å². The molecule has 2 unspecified atom stereocenters. The Balaban J connectivity index is 1.08. The largest absolute Gasteiger partial charge is 0.462 e. The lowest BCUT2D eigenvalue weighted by Gasteiger charge is -2.51. The quantitative estimate of drug-likeness (QED) is 0.197. The number of rotatable bonds is 7. The minimum absolute atomic E-state index is 0.0463. The molecule has 8 rings (SSSR count). The molecular formula is C50H76O14. The molecule has 6 aliphatic heterocycles. The molecule has 2 bridgehead atoms. The molecule has 0 amide bonds. The van der Waals surface area contributed by atoms with Crippen LogP contribution >= 0.6 is 0 Å². The maximum Gasteiger partial charge on any atom is 0.316 e. The van der Waals surface area contributed by atoms with Crippen molar-refractivity contribution in [3.8, 4) is 0 Å². The van der Waals surface area contributed by atoms with Gasteiger partial charge in [0.15, 0.2) is 18.4 Å². The molecule has 6 fully saturated rings. The predicted octanol–water partition coefficient (Wildman–Crippen LogP) is 6.14. The smallest absolute Gasteiger partial charge is 0.316 e. The number of aliphatic hydroxyl groups excluding tert-OH is 2. The van der Waals surface area contributed by atoms with Gasteiger partial charge in [0, 0.05) is 52.2 Å². The number of carbonyl (C=O) groups excluding carboxylic acids is 1. The van der Waals surface area contributed by atoms with E-state index in [1.54, 1.807) is 40.2 Å². The van der Waals surface area contributed by atoms with E-state index in [4.69, 9.17) is 47.4 Å². The predicted molar refractivity (Wildman–Crippen MR) is 235 cm³/mol. The molecule has 2 aliphatic carbocycles. The zero-order valence-electron chi connectivity index (χ0n) is 39.3. The van der Waals surface area contributed by atoms with Gasteiger partial charge in [0.05, 0.1) is 49.3 Å². The van der Waals surface area contributed by atoms with Gasteiger partial charge in [0.25, 0.3) is 0 Å². The van der Waals surface area contributed by atoms with Crippen molar-refractivity contribution in [3.63, 3.8) is 0 Å². The fourth-order valence-corrected chi connectivity index (χ4v) is 12.1. The number of hydrogen-bond acceptors (Lipinski definition) is 14. The second kappa shape index (κ2) is 20.3. The first-order valence-corrected chi connectivity index (χ1v) is 24.3. The van der Waals surface area contributed by atoms with Crippen molar-refractivity contribution in [3.05, 3.63) is 47.1 Å². The Morgan fingerprint density at radius 3 is 2.30 bits per heavy atom. The normalized spacial score (nSPS) is 49.5. The van der Waals surface area contributed by atoms with Crippen LogP contribution in [0.2, 0.25) is 0 Å². The van der Waals surface area contributed by atoms with Crippen molar-refractivity contribution in [1.29, 1.82) is 0 Å². The molecule has 64 heavy (non-hydrogen) atoms. The molecular weight excluding hydrogens is 825 g/mol. The van der Waals surface area contributed by atoms with Crippen LogP contribution in [0, 0.1) is 23.7 Å². The Labute approximate surface area is 379 Å². The monoisotopic (exact) mass is 901 g/mol. The molecule has 0 aromatic heterocycles. The van der Waals surface area contributed by atoms with E-state index in [1.165, 1.54) is 19.3 Å². The number of hydrogen-bond donors (Lipinski definition) is 3. The highest BCUT2D eigenvalue weighted by Crippen LogP contribution is 2.49. The van der Waals surface area contributed by atoms with Gasteiger partial charge in [0.1, 0.15) is 42.0 Å². The van der Waals surface area contributed by atoms with Crippen LogP contribution in [0.5, 0.6) is 0 Å². The van der Waals surface area contributed by atoms with Crippen LogP contribution in [0.4, 0.5) is 0 Å². The lowest BCUT2D eigenvalue weighted by atomic mass is 9.71. The third kappa shape index (κ3) is 9.92. The second-order valence-electron chi connectivity index (χ2n) is 20.4. The summed E-state index contributed by atoms with van der Waals surface area (Å²) >= 11 is 0. The maximum absolute atomic E-state index is 14.5. The number of ether oxygens (including phenoxy) is 10. The highest BCUT2D eigenvalue weighted by atomic mass is 16.7. The third-order valence-corrected chi connectivity index (χ3v) is 15.8. The molecule has 1 saturated carbocycles. The Morgan fingerprint density at radius 2 is 1.55 bits per heavy atom. The van der Waals surface area contributed by atoms with Gasteiger partial charge in [0.2, 0.25) is 0 Å². The van der Waals surface area contributed by atoms with Crippen LogP contribution < -0.4 is 0 Å². The van der Waals surface area contributed by atoms with Crippen LogP contribution in [0.3, 0.4) is 0 Å². The van der Waals surface area contributed by atoms with Crippen LogP contribution in [-0.4, -0.2) is 139 Å². The summed E-state index contributed by atoms with van der Waals surface area (Å²) in [5, 5.41) is 34.4. The number of aliphatic hydroxyl groups is 3. The number of esters is 1. The van der Waals surface area contributed by atoms with Gasteiger partial charge in [-0.05, 0) is 81.9 Å². The Kier molecular flexibility index (Phi) is 15.3. The number of allylic oxidation sites excluding steroid dienone is 2. The molecule has 0 aromatic rings. The highest BCUT2D eigenvalue weighted by molar-refractivity contribution is 5.78. The minimum atomic E-state index is -1.82. The number of methoxy groups -OCH3 is 2. The van der Waals surface area contributed by atoms with Gasteiger partial charge in [-0.2, -0.15) is 0 Å². The molecule has 1 spiro atoms. The molecule has 360 valence electrons. The van der Waals surface area contributed by atoms with Gasteiger partial charge in [-0.1, -0.05) is 63.5 Å². The Bertz CT molecular complexity index is 1740. The van der Waals surface area contributed by atoms with Crippen LogP contribution in [0.15, 0.2) is 47.1 Å². The first-order chi connectivity index (χ1) is 30.6. The number of carbonyl (C=O) groups is 1.